The van der Waals surface area contributed by atoms with Gasteiger partial charge in [0.25, 0.3) is 5.91 Å². The van der Waals surface area contributed by atoms with Gasteiger partial charge in [0.2, 0.25) is 5.43 Å². The number of β-amino-alcohol motifs (C(OH)–C–C–N with tert-alkyl or cyclic N) is 1. The number of nitrogens with one attached hydrogen (secondary N) is 1. The number of hydrogen-bond donors (Lipinski definition) is 2. The van der Waals surface area contributed by atoms with Crippen LogP contribution in [0.5, 0.6) is 0 Å². The van der Waals surface area contributed by atoms with Crippen LogP contribution in [-0.2, 0) is 0 Å². The van der Waals surface area contributed by atoms with Gasteiger partial charge >= 0.3 is 0 Å². The summed E-state index contributed by atoms with van der Waals surface area (Å²) in [6.45, 7) is 8.99. The predicted octanol–water partition coefficient (Wildman–Crippen LogP) is 4.74. The van der Waals surface area contributed by atoms with Crippen LogP contribution in [0.2, 0.25) is 0 Å². The largest absolute Gasteiger partial charge is 0.388 e. The van der Waals surface area contributed by atoms with Crippen LogP contribution in [0, 0.1) is 17.6 Å². The van der Waals surface area contributed by atoms with Crippen molar-refractivity contribution in [3.8, 4) is 5.69 Å². The topological polar surface area (TPSA) is 87.5 Å². The minimum atomic E-state index is -0.887. The van der Waals surface area contributed by atoms with Crippen LogP contribution in [-0.4, -0.2) is 45.8 Å². The lowest BCUT2D eigenvalue weighted by Gasteiger charge is -2.37. The molecule has 2 atom stereocenters. The van der Waals surface area contributed by atoms with Crippen molar-refractivity contribution in [3.05, 3.63) is 76.6 Å². The summed E-state index contributed by atoms with van der Waals surface area (Å²) in [7, 11) is 0. The number of nitrogens with zero attached hydrogens (tertiary/aromatic N) is 3. The highest BCUT2D eigenvalue weighted by Gasteiger charge is 2.29. The van der Waals surface area contributed by atoms with E-state index in [1.807, 2.05) is 11.0 Å². The fourth-order valence-electron chi connectivity index (χ4n) is 5.02. The number of aromatic nitrogens is 2. The Bertz CT molecular complexity index is 1400. The van der Waals surface area contributed by atoms with E-state index in [0.717, 1.165) is 37.8 Å². The second-order valence-corrected chi connectivity index (χ2v) is 10.2. The molecule has 1 saturated heterocycles. The number of piperidine rings is 1. The Morgan fingerprint density at radius 2 is 2.11 bits per heavy atom. The molecule has 0 radical (unpaired) electrons. The number of anilines is 1. The number of benzene rings is 1. The maximum Gasteiger partial charge on any atom is 0.256 e. The molecule has 1 fully saturated rings. The van der Waals surface area contributed by atoms with Gasteiger partial charge in [-0.05, 0) is 62.8 Å². The van der Waals surface area contributed by atoms with Gasteiger partial charge in [0.1, 0.15) is 23.0 Å². The van der Waals surface area contributed by atoms with Crippen LogP contribution in [0.4, 0.5) is 14.6 Å². The van der Waals surface area contributed by atoms with Crippen molar-refractivity contribution < 1.29 is 18.7 Å². The van der Waals surface area contributed by atoms with Gasteiger partial charge in [0.15, 0.2) is 5.65 Å². The zero-order valence-corrected chi connectivity index (χ0v) is 21.8. The predicted molar refractivity (Wildman–Crippen MR) is 145 cm³/mol. The average molecular weight is 525 g/mol. The van der Waals surface area contributed by atoms with Crippen LogP contribution in [0.1, 0.15) is 56.3 Å². The maximum atomic E-state index is 14.9. The van der Waals surface area contributed by atoms with Crippen LogP contribution < -0.4 is 15.6 Å². The van der Waals surface area contributed by atoms with Crippen molar-refractivity contribution in [2.75, 3.05) is 24.5 Å². The third-order valence-electron chi connectivity index (χ3n) is 7.16. The summed E-state index contributed by atoms with van der Waals surface area (Å²) in [5.41, 5.74) is -1.48. The van der Waals surface area contributed by atoms with Crippen molar-refractivity contribution in [1.29, 1.82) is 0 Å². The molecule has 9 heteroatoms. The van der Waals surface area contributed by atoms with Crippen LogP contribution >= 0.6 is 0 Å². The van der Waals surface area contributed by atoms with E-state index in [1.165, 1.54) is 16.8 Å². The summed E-state index contributed by atoms with van der Waals surface area (Å²) >= 11 is 0. The van der Waals surface area contributed by atoms with Gasteiger partial charge in [-0.2, -0.15) is 0 Å². The molecule has 1 aliphatic rings. The second-order valence-electron chi connectivity index (χ2n) is 10.2. The van der Waals surface area contributed by atoms with Crippen LogP contribution in [0.15, 0.2) is 54.0 Å². The summed E-state index contributed by atoms with van der Waals surface area (Å²) in [5, 5.41) is 13.5. The average Bonchev–Trinajstić information content (AvgIpc) is 2.88. The third-order valence-corrected chi connectivity index (χ3v) is 7.16. The lowest BCUT2D eigenvalue weighted by atomic mass is 9.95. The van der Waals surface area contributed by atoms with E-state index >= 15 is 0 Å². The number of allylic oxidation sites excluding steroid dienone is 1. The molecule has 7 nitrogen and oxygen atoms in total. The van der Waals surface area contributed by atoms with Gasteiger partial charge in [0, 0.05) is 31.9 Å². The SMILES string of the molecule is C=CCC(CC)CCNC(=O)c1cn(-c2ccc(F)cc2F)c2nc(N3CCCC(C)(O)C3)ccc2c1=O. The maximum absolute atomic E-state index is 14.9. The van der Waals surface area contributed by atoms with Crippen molar-refractivity contribution >= 4 is 22.8 Å². The number of halogens is 2. The van der Waals surface area contributed by atoms with Gasteiger partial charge in [-0.15, -0.1) is 6.58 Å². The van der Waals surface area contributed by atoms with Crippen molar-refractivity contribution in [2.24, 2.45) is 5.92 Å². The van der Waals surface area contributed by atoms with Crippen molar-refractivity contribution in [2.45, 2.75) is 51.6 Å². The highest BCUT2D eigenvalue weighted by atomic mass is 19.1. The second kappa shape index (κ2) is 11.4. The molecule has 0 spiro atoms. The van der Waals surface area contributed by atoms with E-state index in [4.69, 9.17) is 0 Å². The first-order valence-corrected chi connectivity index (χ1v) is 13.0. The normalized spacial score (nSPS) is 18.4. The Morgan fingerprint density at radius 1 is 1.32 bits per heavy atom. The zero-order valence-electron chi connectivity index (χ0n) is 21.8. The first kappa shape index (κ1) is 27.4. The molecule has 1 aliphatic heterocycles. The van der Waals surface area contributed by atoms with Gasteiger partial charge in [-0.25, -0.2) is 13.8 Å². The van der Waals surface area contributed by atoms with Gasteiger partial charge in [0.05, 0.1) is 16.7 Å². The standard InChI is InChI=1S/C29H34F2N4O3/c1-4-7-19(5-2)12-14-32-28(37)22-17-35(24-10-8-20(30)16-23(24)31)27-21(26(22)36)9-11-25(33-27)34-15-6-13-29(3,38)18-34/h4,8-11,16-17,19,38H,1,5-7,12-15,18H2,2-3H3,(H,32,37). The first-order chi connectivity index (χ1) is 18.1. The third kappa shape index (κ3) is 5.93. The lowest BCUT2D eigenvalue weighted by Crippen LogP contribution is -2.46. The van der Waals surface area contributed by atoms with Gasteiger partial charge in [-0.3, -0.25) is 14.2 Å². The molecule has 202 valence electrons. The monoisotopic (exact) mass is 524 g/mol. The highest BCUT2D eigenvalue weighted by Crippen LogP contribution is 2.27. The van der Waals surface area contributed by atoms with Crippen LogP contribution in [0.3, 0.4) is 0 Å². The zero-order chi connectivity index (χ0) is 27.4. The molecule has 3 heterocycles. The summed E-state index contributed by atoms with van der Waals surface area (Å²) in [6.07, 6.45) is 7.04. The van der Waals surface area contributed by atoms with E-state index in [9.17, 15) is 23.5 Å². The first-order valence-electron chi connectivity index (χ1n) is 13.0. The van der Waals surface area contributed by atoms with E-state index in [-0.39, 0.29) is 22.3 Å². The molecule has 2 aromatic heterocycles. The molecule has 0 aliphatic carbocycles. The number of carbonyl (C=O) groups excluding carboxylic acids is 1. The highest BCUT2D eigenvalue weighted by molar-refractivity contribution is 5.97. The molecule has 4 rings (SSSR count). The van der Waals surface area contributed by atoms with Gasteiger partial charge in [-0.1, -0.05) is 19.4 Å². The number of aliphatic hydroxyl groups is 1. The molecule has 38 heavy (non-hydrogen) atoms. The number of pyridine rings is 2. The molecule has 2 N–H and O–H groups in total. The Kier molecular flexibility index (Phi) is 8.26. The molecule has 1 aromatic carbocycles. The van der Waals surface area contributed by atoms with E-state index < -0.39 is 28.6 Å². The fraction of sp³-hybridized carbons (Fsp3) is 0.414. The van der Waals surface area contributed by atoms with Crippen molar-refractivity contribution in [1.82, 2.24) is 14.9 Å². The van der Waals surface area contributed by atoms with Crippen LogP contribution in [0.25, 0.3) is 16.7 Å². The Morgan fingerprint density at radius 3 is 2.79 bits per heavy atom. The quantitative estimate of drug-likeness (QED) is 0.395. The molecule has 0 bridgehead atoms. The lowest BCUT2D eigenvalue weighted by molar-refractivity contribution is 0.0447. The Labute approximate surface area is 220 Å². The molecular formula is C29H34F2N4O3. The number of carbonyl (C=O) groups is 1. The summed E-state index contributed by atoms with van der Waals surface area (Å²) in [6, 6.07) is 6.33. The van der Waals surface area contributed by atoms with E-state index in [2.05, 4.69) is 23.8 Å². The van der Waals surface area contributed by atoms with Gasteiger partial charge < -0.3 is 15.3 Å². The number of hydrogen-bond acceptors (Lipinski definition) is 5. The number of rotatable bonds is 9. The number of amides is 1. The van der Waals surface area contributed by atoms with Crippen molar-refractivity contribution in [3.63, 3.8) is 0 Å². The molecule has 0 saturated carbocycles. The molecule has 3 aromatic rings. The minimum Gasteiger partial charge on any atom is -0.388 e. The smallest absolute Gasteiger partial charge is 0.256 e. The Balaban J connectivity index is 1.77. The minimum absolute atomic E-state index is 0.0437. The molecule has 2 unspecified atom stereocenters. The summed E-state index contributed by atoms with van der Waals surface area (Å²) in [4.78, 5) is 33.1. The Hall–Kier alpha value is -3.59. The fourth-order valence-corrected chi connectivity index (χ4v) is 5.02. The molecular weight excluding hydrogens is 490 g/mol. The summed E-state index contributed by atoms with van der Waals surface area (Å²) < 4.78 is 30.0. The summed E-state index contributed by atoms with van der Waals surface area (Å²) in [5.74, 6) is -1.29. The van der Waals surface area contributed by atoms with E-state index in [0.29, 0.717) is 37.8 Å². The number of fused-ring (bicyclic) bond motifs is 1. The molecule has 1 amide bonds. The van der Waals surface area contributed by atoms with E-state index in [1.54, 1.807) is 19.1 Å².